The first-order valence-electron chi connectivity index (χ1n) is 6.83. The third kappa shape index (κ3) is 1.87. The fraction of sp³-hybridized carbons (Fsp3) is 0.600. The minimum absolute atomic E-state index is 0.241. The maximum atomic E-state index is 6.12. The number of rotatable bonds is 1. The Bertz CT molecular complexity index is 440. The van der Waals surface area contributed by atoms with E-state index in [2.05, 4.69) is 12.1 Å². The molecular formula is C15H20ClNO. The molecule has 0 amide bonds. The largest absolute Gasteiger partial charge is 0.381 e. The second kappa shape index (κ2) is 4.84. The summed E-state index contributed by atoms with van der Waals surface area (Å²) < 4.78 is 5.56. The van der Waals surface area contributed by atoms with E-state index in [9.17, 15) is 0 Å². The molecule has 2 N–H and O–H groups in total. The van der Waals surface area contributed by atoms with Gasteiger partial charge in [0.2, 0.25) is 0 Å². The molecule has 1 atom stereocenters. The molecule has 2 nitrogen and oxygen atoms in total. The van der Waals surface area contributed by atoms with Crippen LogP contribution in [0.25, 0.3) is 0 Å². The Kier molecular flexibility index (Phi) is 3.35. The van der Waals surface area contributed by atoms with Gasteiger partial charge in [0, 0.05) is 23.7 Å². The van der Waals surface area contributed by atoms with Gasteiger partial charge in [0.05, 0.1) is 0 Å². The molecule has 1 aromatic rings. The van der Waals surface area contributed by atoms with Crippen molar-refractivity contribution in [2.45, 2.75) is 31.1 Å². The fourth-order valence-corrected chi connectivity index (χ4v) is 4.03. The van der Waals surface area contributed by atoms with E-state index in [-0.39, 0.29) is 5.41 Å². The Morgan fingerprint density at radius 3 is 2.83 bits per heavy atom. The molecule has 1 saturated heterocycles. The van der Waals surface area contributed by atoms with Crippen LogP contribution in [0.15, 0.2) is 18.2 Å². The van der Waals surface area contributed by atoms with Crippen LogP contribution < -0.4 is 5.73 Å². The Hall–Kier alpha value is -0.570. The molecule has 1 aliphatic heterocycles. The van der Waals surface area contributed by atoms with Crippen LogP contribution >= 0.6 is 11.6 Å². The molecule has 3 heteroatoms. The van der Waals surface area contributed by atoms with E-state index in [0.29, 0.717) is 5.92 Å². The maximum absolute atomic E-state index is 6.12. The first-order valence-corrected chi connectivity index (χ1v) is 7.21. The third-order valence-corrected chi connectivity index (χ3v) is 5.05. The summed E-state index contributed by atoms with van der Waals surface area (Å²) in [5.74, 6) is 0.593. The lowest BCUT2D eigenvalue weighted by atomic mass is 9.59. The Labute approximate surface area is 113 Å². The van der Waals surface area contributed by atoms with Crippen molar-refractivity contribution < 1.29 is 4.74 Å². The zero-order chi connectivity index (χ0) is 12.6. The van der Waals surface area contributed by atoms with Gasteiger partial charge >= 0.3 is 0 Å². The summed E-state index contributed by atoms with van der Waals surface area (Å²) in [5.41, 5.74) is 9.18. The van der Waals surface area contributed by atoms with Crippen molar-refractivity contribution in [1.82, 2.24) is 0 Å². The lowest BCUT2D eigenvalue weighted by Gasteiger charge is -2.47. The van der Waals surface area contributed by atoms with Gasteiger partial charge < -0.3 is 10.5 Å². The van der Waals surface area contributed by atoms with Gasteiger partial charge in [0.1, 0.15) is 0 Å². The number of ether oxygens (including phenoxy) is 1. The van der Waals surface area contributed by atoms with Gasteiger partial charge in [-0.15, -0.1) is 0 Å². The maximum Gasteiger partial charge on any atom is 0.0474 e. The molecule has 1 unspecified atom stereocenters. The van der Waals surface area contributed by atoms with Crippen molar-refractivity contribution in [3.63, 3.8) is 0 Å². The van der Waals surface area contributed by atoms with Crippen molar-refractivity contribution in [2.24, 2.45) is 11.7 Å². The molecular weight excluding hydrogens is 246 g/mol. The lowest BCUT2D eigenvalue weighted by molar-refractivity contribution is 0.0214. The van der Waals surface area contributed by atoms with Crippen LogP contribution in [0.3, 0.4) is 0 Å². The molecule has 1 spiro atoms. The first kappa shape index (κ1) is 12.5. The summed E-state index contributed by atoms with van der Waals surface area (Å²) in [6.07, 6.45) is 4.50. The van der Waals surface area contributed by atoms with E-state index in [1.54, 1.807) is 0 Å². The molecule has 0 radical (unpaired) electrons. The predicted molar refractivity (Wildman–Crippen MR) is 74.0 cm³/mol. The number of nitrogens with two attached hydrogens (primary N) is 1. The van der Waals surface area contributed by atoms with Crippen LogP contribution in [0, 0.1) is 5.92 Å². The van der Waals surface area contributed by atoms with E-state index >= 15 is 0 Å². The van der Waals surface area contributed by atoms with Crippen LogP contribution in [0.1, 0.15) is 30.4 Å². The zero-order valence-electron chi connectivity index (χ0n) is 10.6. The summed E-state index contributed by atoms with van der Waals surface area (Å²) in [5, 5.41) is 0.849. The fourth-order valence-electron chi connectivity index (χ4n) is 3.84. The lowest BCUT2D eigenvalue weighted by Crippen LogP contribution is -2.46. The second-order valence-corrected chi connectivity index (χ2v) is 5.98. The summed E-state index contributed by atoms with van der Waals surface area (Å²) in [4.78, 5) is 0. The average molecular weight is 266 g/mol. The molecule has 0 bridgehead atoms. The van der Waals surface area contributed by atoms with E-state index in [1.807, 2.05) is 6.07 Å². The molecule has 1 fully saturated rings. The smallest absolute Gasteiger partial charge is 0.0474 e. The van der Waals surface area contributed by atoms with Crippen LogP contribution in [-0.2, 0) is 16.6 Å². The van der Waals surface area contributed by atoms with Crippen LogP contribution in [0.2, 0.25) is 5.02 Å². The molecule has 1 aromatic carbocycles. The normalized spacial score (nSPS) is 26.0. The van der Waals surface area contributed by atoms with E-state index in [1.165, 1.54) is 17.5 Å². The van der Waals surface area contributed by atoms with Crippen LogP contribution in [0.5, 0.6) is 0 Å². The molecule has 98 valence electrons. The summed E-state index contributed by atoms with van der Waals surface area (Å²) in [6, 6.07) is 6.39. The Balaban J connectivity index is 2.08. The molecule has 0 aromatic heterocycles. The number of hydrogen-bond donors (Lipinski definition) is 1. The third-order valence-electron chi connectivity index (χ3n) is 4.82. The monoisotopic (exact) mass is 265 g/mol. The van der Waals surface area contributed by atoms with Crippen molar-refractivity contribution in [1.29, 1.82) is 0 Å². The number of fused-ring (bicyclic) bond motifs is 2. The molecule has 0 saturated carbocycles. The highest BCUT2D eigenvalue weighted by Crippen LogP contribution is 2.48. The highest BCUT2D eigenvalue weighted by atomic mass is 35.5. The molecule has 3 rings (SSSR count). The van der Waals surface area contributed by atoms with Gasteiger partial charge in [-0.3, -0.25) is 0 Å². The van der Waals surface area contributed by atoms with Gasteiger partial charge in [-0.25, -0.2) is 0 Å². The Morgan fingerprint density at radius 2 is 2.11 bits per heavy atom. The van der Waals surface area contributed by atoms with Gasteiger partial charge in [-0.05, 0) is 61.4 Å². The molecule has 1 aliphatic carbocycles. The topological polar surface area (TPSA) is 35.2 Å². The highest BCUT2D eigenvalue weighted by molar-refractivity contribution is 6.30. The Morgan fingerprint density at radius 1 is 1.33 bits per heavy atom. The van der Waals surface area contributed by atoms with Gasteiger partial charge in [-0.1, -0.05) is 17.7 Å². The summed E-state index contributed by atoms with van der Waals surface area (Å²) in [7, 11) is 0. The quantitative estimate of drug-likeness (QED) is 0.847. The van der Waals surface area contributed by atoms with E-state index in [0.717, 1.165) is 44.0 Å². The zero-order valence-corrected chi connectivity index (χ0v) is 11.4. The number of benzene rings is 1. The summed E-state index contributed by atoms with van der Waals surface area (Å²) in [6.45, 7) is 2.50. The summed E-state index contributed by atoms with van der Waals surface area (Å²) >= 11 is 6.12. The minimum atomic E-state index is 0.241. The number of halogens is 1. The minimum Gasteiger partial charge on any atom is -0.381 e. The molecule has 2 aliphatic rings. The standard InChI is InChI=1S/C15H20ClNO/c16-13-3-4-14-11(9-13)1-2-12(10-17)15(14)5-7-18-8-6-15/h3-4,9,12H,1-2,5-8,10,17H2. The van der Waals surface area contributed by atoms with Crippen molar-refractivity contribution in [2.75, 3.05) is 19.8 Å². The predicted octanol–water partition coefficient (Wildman–Crippen LogP) is 2.91. The van der Waals surface area contributed by atoms with Crippen molar-refractivity contribution in [3.8, 4) is 0 Å². The molecule has 18 heavy (non-hydrogen) atoms. The van der Waals surface area contributed by atoms with Crippen molar-refractivity contribution >= 4 is 11.6 Å². The SMILES string of the molecule is NCC1CCc2cc(Cl)ccc2C12CCOCC2. The number of hydrogen-bond acceptors (Lipinski definition) is 2. The highest BCUT2D eigenvalue weighted by Gasteiger charge is 2.44. The van der Waals surface area contributed by atoms with Crippen LogP contribution in [0.4, 0.5) is 0 Å². The van der Waals surface area contributed by atoms with Crippen molar-refractivity contribution in [3.05, 3.63) is 34.3 Å². The number of aryl methyl sites for hydroxylation is 1. The van der Waals surface area contributed by atoms with E-state index < -0.39 is 0 Å². The van der Waals surface area contributed by atoms with Crippen LogP contribution in [-0.4, -0.2) is 19.8 Å². The average Bonchev–Trinajstić information content (AvgIpc) is 2.40. The van der Waals surface area contributed by atoms with E-state index in [4.69, 9.17) is 22.1 Å². The van der Waals surface area contributed by atoms with Gasteiger partial charge in [0.15, 0.2) is 0 Å². The molecule has 1 heterocycles. The van der Waals surface area contributed by atoms with Gasteiger partial charge in [0.25, 0.3) is 0 Å². The first-order chi connectivity index (χ1) is 8.76. The second-order valence-electron chi connectivity index (χ2n) is 5.54. The van der Waals surface area contributed by atoms with Gasteiger partial charge in [-0.2, -0.15) is 0 Å².